The summed E-state index contributed by atoms with van der Waals surface area (Å²) in [5.74, 6) is 0.930. The summed E-state index contributed by atoms with van der Waals surface area (Å²) in [6.45, 7) is 1.57. The van der Waals surface area contributed by atoms with Crippen molar-refractivity contribution >= 4 is 5.95 Å². The van der Waals surface area contributed by atoms with Gasteiger partial charge in [-0.1, -0.05) is 30.3 Å². The summed E-state index contributed by atoms with van der Waals surface area (Å²) in [6, 6.07) is 11.6. The van der Waals surface area contributed by atoms with Crippen LogP contribution in [0.25, 0.3) is 0 Å². The van der Waals surface area contributed by atoms with Gasteiger partial charge in [0.1, 0.15) is 0 Å². The molecule has 0 radical (unpaired) electrons. The van der Waals surface area contributed by atoms with Gasteiger partial charge < -0.3 is 15.1 Å². The lowest BCUT2D eigenvalue weighted by Gasteiger charge is -2.34. The van der Waals surface area contributed by atoms with Crippen molar-refractivity contribution in [1.82, 2.24) is 9.97 Å². The first-order chi connectivity index (χ1) is 10.8. The fourth-order valence-corrected chi connectivity index (χ4v) is 2.96. The molecule has 1 aromatic heterocycles. The first-order valence-electron chi connectivity index (χ1n) is 7.68. The smallest absolute Gasteiger partial charge is 0.225 e. The van der Waals surface area contributed by atoms with Crippen molar-refractivity contribution in [2.45, 2.75) is 25.6 Å². The van der Waals surface area contributed by atoms with Crippen LogP contribution in [0.2, 0.25) is 0 Å². The summed E-state index contributed by atoms with van der Waals surface area (Å²) in [5.41, 5.74) is 1.62. The van der Waals surface area contributed by atoms with Crippen LogP contribution in [0.1, 0.15) is 30.2 Å². The average Bonchev–Trinajstić information content (AvgIpc) is 2.62. The van der Waals surface area contributed by atoms with Crippen molar-refractivity contribution in [3.05, 3.63) is 53.9 Å². The molecule has 0 bridgehead atoms. The molecule has 116 valence electrons. The third-order valence-corrected chi connectivity index (χ3v) is 4.27. The van der Waals surface area contributed by atoms with E-state index in [1.54, 1.807) is 12.3 Å². The van der Waals surface area contributed by atoms with Crippen LogP contribution in [-0.2, 0) is 6.61 Å². The van der Waals surface area contributed by atoms with Crippen LogP contribution in [0.3, 0.4) is 0 Å². The second kappa shape index (κ2) is 6.85. The zero-order chi connectivity index (χ0) is 15.4. The van der Waals surface area contributed by atoms with Crippen molar-refractivity contribution in [2.75, 3.05) is 18.0 Å². The van der Waals surface area contributed by atoms with Crippen LogP contribution in [0.5, 0.6) is 0 Å². The average molecular weight is 299 g/mol. The lowest BCUT2D eigenvalue weighted by molar-refractivity contribution is 0.0927. The maximum Gasteiger partial charge on any atom is 0.225 e. The number of hydrogen-bond acceptors (Lipinski definition) is 5. The molecule has 1 aliphatic rings. The first kappa shape index (κ1) is 14.9. The van der Waals surface area contributed by atoms with E-state index < -0.39 is 6.10 Å². The van der Waals surface area contributed by atoms with Crippen LogP contribution in [0, 0.1) is 5.92 Å². The molecular formula is C17H21N3O2. The zero-order valence-corrected chi connectivity index (χ0v) is 12.5. The molecule has 2 heterocycles. The monoisotopic (exact) mass is 299 g/mol. The summed E-state index contributed by atoms with van der Waals surface area (Å²) in [7, 11) is 0. The fraction of sp³-hybridized carbons (Fsp3) is 0.412. The lowest BCUT2D eigenvalue weighted by atomic mass is 9.87. The minimum atomic E-state index is -0.409. The normalized spacial score (nSPS) is 17.5. The summed E-state index contributed by atoms with van der Waals surface area (Å²) in [4.78, 5) is 10.7. The Morgan fingerprint density at radius 3 is 2.55 bits per heavy atom. The van der Waals surface area contributed by atoms with E-state index in [-0.39, 0.29) is 12.5 Å². The molecule has 1 aliphatic heterocycles. The lowest BCUT2D eigenvalue weighted by Crippen LogP contribution is -2.36. The molecule has 1 atom stereocenters. The van der Waals surface area contributed by atoms with Crippen LogP contribution >= 0.6 is 0 Å². The molecular weight excluding hydrogens is 278 g/mol. The Labute approximate surface area is 130 Å². The van der Waals surface area contributed by atoms with Crippen LogP contribution < -0.4 is 4.90 Å². The van der Waals surface area contributed by atoms with Gasteiger partial charge in [-0.15, -0.1) is 0 Å². The summed E-state index contributed by atoms with van der Waals surface area (Å²) in [6.07, 6.45) is 3.08. The highest BCUT2D eigenvalue weighted by Crippen LogP contribution is 2.31. The first-order valence-corrected chi connectivity index (χ1v) is 7.68. The van der Waals surface area contributed by atoms with E-state index in [2.05, 4.69) is 14.9 Å². The van der Waals surface area contributed by atoms with E-state index in [0.29, 0.717) is 11.6 Å². The highest BCUT2D eigenvalue weighted by molar-refractivity contribution is 5.31. The molecule has 1 aromatic carbocycles. The number of aliphatic hydroxyl groups is 2. The standard InChI is InChI=1S/C17H21N3O2/c21-12-15-6-9-18-17(19-15)20-10-7-14(8-11-20)16(22)13-4-2-1-3-5-13/h1-6,9,14,16,21-22H,7-8,10-12H2. The van der Waals surface area contributed by atoms with Gasteiger partial charge in [0, 0.05) is 19.3 Å². The SMILES string of the molecule is OCc1ccnc(N2CCC(C(O)c3ccccc3)CC2)n1. The van der Waals surface area contributed by atoms with E-state index in [1.165, 1.54) is 0 Å². The molecule has 5 heteroatoms. The molecule has 22 heavy (non-hydrogen) atoms. The van der Waals surface area contributed by atoms with Gasteiger partial charge in [0.2, 0.25) is 5.95 Å². The third kappa shape index (κ3) is 3.26. The van der Waals surface area contributed by atoms with Gasteiger partial charge in [-0.2, -0.15) is 0 Å². The quantitative estimate of drug-likeness (QED) is 0.902. The summed E-state index contributed by atoms with van der Waals surface area (Å²) in [5, 5.41) is 19.7. The predicted molar refractivity (Wildman–Crippen MR) is 84.3 cm³/mol. The number of rotatable bonds is 4. The molecule has 1 saturated heterocycles. The van der Waals surface area contributed by atoms with Crippen molar-refractivity contribution in [1.29, 1.82) is 0 Å². The second-order valence-electron chi connectivity index (χ2n) is 5.69. The molecule has 3 rings (SSSR count). The highest BCUT2D eigenvalue weighted by Gasteiger charge is 2.27. The van der Waals surface area contributed by atoms with Gasteiger partial charge >= 0.3 is 0 Å². The highest BCUT2D eigenvalue weighted by atomic mass is 16.3. The van der Waals surface area contributed by atoms with Crippen LogP contribution in [0.15, 0.2) is 42.6 Å². The van der Waals surface area contributed by atoms with E-state index in [1.807, 2.05) is 30.3 Å². The van der Waals surface area contributed by atoms with Crippen LogP contribution in [0.4, 0.5) is 5.95 Å². The topological polar surface area (TPSA) is 69.5 Å². The fourth-order valence-electron chi connectivity index (χ4n) is 2.96. The Bertz CT molecular complexity index is 598. The zero-order valence-electron chi connectivity index (χ0n) is 12.5. The maximum atomic E-state index is 10.5. The largest absolute Gasteiger partial charge is 0.390 e. The van der Waals surface area contributed by atoms with Gasteiger partial charge in [-0.25, -0.2) is 9.97 Å². The molecule has 0 amide bonds. The molecule has 1 unspecified atom stereocenters. The van der Waals surface area contributed by atoms with Gasteiger partial charge in [0.25, 0.3) is 0 Å². The minimum Gasteiger partial charge on any atom is -0.390 e. The molecule has 2 aromatic rings. The Morgan fingerprint density at radius 2 is 1.86 bits per heavy atom. The number of aromatic nitrogens is 2. The number of anilines is 1. The number of benzene rings is 1. The Morgan fingerprint density at radius 1 is 1.14 bits per heavy atom. The van der Waals surface area contributed by atoms with Crippen molar-refractivity contribution in [3.8, 4) is 0 Å². The minimum absolute atomic E-state index is 0.0707. The Hall–Kier alpha value is -1.98. The number of piperidine rings is 1. The summed E-state index contributed by atoms with van der Waals surface area (Å²) < 4.78 is 0. The van der Waals surface area contributed by atoms with E-state index in [0.717, 1.165) is 31.5 Å². The Kier molecular flexibility index (Phi) is 4.65. The molecule has 1 fully saturated rings. The van der Waals surface area contributed by atoms with Crippen molar-refractivity contribution in [3.63, 3.8) is 0 Å². The van der Waals surface area contributed by atoms with E-state index in [9.17, 15) is 5.11 Å². The molecule has 2 N–H and O–H groups in total. The van der Waals surface area contributed by atoms with Crippen molar-refractivity contribution in [2.24, 2.45) is 5.92 Å². The van der Waals surface area contributed by atoms with Gasteiger partial charge in [0.05, 0.1) is 18.4 Å². The maximum absolute atomic E-state index is 10.5. The predicted octanol–water partition coefficient (Wildman–Crippen LogP) is 1.92. The Balaban J connectivity index is 1.62. The second-order valence-corrected chi connectivity index (χ2v) is 5.69. The summed E-state index contributed by atoms with van der Waals surface area (Å²) >= 11 is 0. The van der Waals surface area contributed by atoms with Gasteiger partial charge in [0.15, 0.2) is 0 Å². The van der Waals surface area contributed by atoms with Crippen LogP contribution in [-0.4, -0.2) is 33.3 Å². The molecule has 5 nitrogen and oxygen atoms in total. The van der Waals surface area contributed by atoms with Gasteiger partial charge in [-0.05, 0) is 30.4 Å². The van der Waals surface area contributed by atoms with Gasteiger partial charge in [-0.3, -0.25) is 0 Å². The third-order valence-electron chi connectivity index (χ3n) is 4.27. The molecule has 0 saturated carbocycles. The number of aliphatic hydroxyl groups excluding tert-OH is 2. The van der Waals surface area contributed by atoms with Crippen molar-refractivity contribution < 1.29 is 10.2 Å². The molecule has 0 aliphatic carbocycles. The van der Waals surface area contributed by atoms with E-state index >= 15 is 0 Å². The number of nitrogens with zero attached hydrogens (tertiary/aromatic N) is 3. The molecule has 0 spiro atoms. The number of hydrogen-bond donors (Lipinski definition) is 2. The van der Waals surface area contributed by atoms with E-state index in [4.69, 9.17) is 5.11 Å².